The fraction of sp³-hybridized carbons (Fsp3) is 0.227. The van der Waals surface area contributed by atoms with Crippen molar-refractivity contribution >= 4 is 17.4 Å². The molecule has 2 N–H and O–H groups in total. The number of hydrogen-bond acceptors (Lipinski definition) is 4. The number of hydrogen-bond donors (Lipinski definition) is 2. The van der Waals surface area contributed by atoms with Crippen molar-refractivity contribution in [2.75, 3.05) is 10.6 Å². The third-order valence-electron chi connectivity index (χ3n) is 4.51. The van der Waals surface area contributed by atoms with Crippen LogP contribution in [0.1, 0.15) is 38.6 Å². The number of carbonyl (C=O) groups is 1. The van der Waals surface area contributed by atoms with Crippen LogP contribution in [0, 0.1) is 27.7 Å². The predicted molar refractivity (Wildman–Crippen MR) is 109 cm³/mol. The summed E-state index contributed by atoms with van der Waals surface area (Å²) in [5, 5.41) is 6.27. The van der Waals surface area contributed by atoms with Crippen molar-refractivity contribution in [2.45, 2.75) is 34.2 Å². The third-order valence-corrected chi connectivity index (χ3v) is 4.51. The first-order chi connectivity index (χ1) is 12.9. The lowest BCUT2D eigenvalue weighted by molar-refractivity contribution is 0.102. The fourth-order valence-electron chi connectivity index (χ4n) is 2.96. The second kappa shape index (κ2) is 7.99. The highest BCUT2D eigenvalue weighted by Gasteiger charge is 2.13. The predicted octanol–water partition coefficient (Wildman–Crippen LogP) is 4.57. The van der Waals surface area contributed by atoms with E-state index in [4.69, 9.17) is 0 Å². The minimum atomic E-state index is -0.239. The monoisotopic (exact) mass is 360 g/mol. The smallest absolute Gasteiger partial charge is 0.274 e. The maximum absolute atomic E-state index is 12.7. The first-order valence-electron chi connectivity index (χ1n) is 8.95. The number of aryl methyl sites for hydroxylation is 4. The first-order valence-corrected chi connectivity index (χ1v) is 8.95. The van der Waals surface area contributed by atoms with E-state index in [-0.39, 0.29) is 5.91 Å². The van der Waals surface area contributed by atoms with Crippen LogP contribution >= 0.6 is 0 Å². The summed E-state index contributed by atoms with van der Waals surface area (Å²) < 4.78 is 0. The minimum Gasteiger partial charge on any atom is -0.366 e. The molecular formula is C22H24N4O. The molecule has 0 aliphatic heterocycles. The maximum Gasteiger partial charge on any atom is 0.274 e. The first kappa shape index (κ1) is 18.6. The Morgan fingerprint density at radius 1 is 0.889 bits per heavy atom. The Labute approximate surface area is 159 Å². The van der Waals surface area contributed by atoms with Crippen LogP contribution in [0.3, 0.4) is 0 Å². The molecule has 3 rings (SSSR count). The lowest BCUT2D eigenvalue weighted by Gasteiger charge is -2.13. The van der Waals surface area contributed by atoms with Gasteiger partial charge in [-0.2, -0.15) is 0 Å². The second-order valence-electron chi connectivity index (χ2n) is 6.69. The number of benzene rings is 2. The van der Waals surface area contributed by atoms with Gasteiger partial charge in [-0.15, -0.1) is 0 Å². The standard InChI is InChI=1S/C22H24N4O/c1-14-8-5-6-11-18(14)13-23-20-12-19(24-17(4)25-20)22(27)26-21-15(2)9-7-10-16(21)3/h5-12H,13H2,1-4H3,(H,26,27)(H,23,24,25). The Morgan fingerprint density at radius 2 is 1.56 bits per heavy atom. The molecule has 27 heavy (non-hydrogen) atoms. The molecule has 3 aromatic rings. The van der Waals surface area contributed by atoms with E-state index in [1.54, 1.807) is 13.0 Å². The summed E-state index contributed by atoms with van der Waals surface area (Å²) in [5.41, 5.74) is 5.61. The summed E-state index contributed by atoms with van der Waals surface area (Å²) in [5.74, 6) is 0.950. The highest BCUT2D eigenvalue weighted by atomic mass is 16.1. The van der Waals surface area contributed by atoms with E-state index in [0.29, 0.717) is 23.9 Å². The van der Waals surface area contributed by atoms with Crippen molar-refractivity contribution in [3.63, 3.8) is 0 Å². The molecule has 0 aliphatic rings. The maximum atomic E-state index is 12.7. The second-order valence-corrected chi connectivity index (χ2v) is 6.69. The summed E-state index contributed by atoms with van der Waals surface area (Å²) in [4.78, 5) is 21.4. The van der Waals surface area contributed by atoms with Gasteiger partial charge in [0.1, 0.15) is 17.3 Å². The number of rotatable bonds is 5. The van der Waals surface area contributed by atoms with Gasteiger partial charge in [0.15, 0.2) is 0 Å². The van der Waals surface area contributed by atoms with Gasteiger partial charge in [-0.3, -0.25) is 4.79 Å². The van der Waals surface area contributed by atoms with E-state index in [1.165, 1.54) is 11.1 Å². The van der Waals surface area contributed by atoms with Crippen LogP contribution in [0.2, 0.25) is 0 Å². The average molecular weight is 360 g/mol. The van der Waals surface area contributed by atoms with Gasteiger partial charge in [-0.1, -0.05) is 42.5 Å². The molecule has 0 radical (unpaired) electrons. The summed E-state index contributed by atoms with van der Waals surface area (Å²) in [6, 6.07) is 15.8. The zero-order valence-electron chi connectivity index (χ0n) is 16.1. The molecule has 1 amide bonds. The quantitative estimate of drug-likeness (QED) is 0.699. The molecule has 0 atom stereocenters. The van der Waals surface area contributed by atoms with Crippen LogP contribution < -0.4 is 10.6 Å². The topological polar surface area (TPSA) is 66.9 Å². The third kappa shape index (κ3) is 4.50. The lowest BCUT2D eigenvalue weighted by atomic mass is 10.1. The van der Waals surface area contributed by atoms with Crippen molar-refractivity contribution in [3.05, 3.63) is 82.3 Å². The van der Waals surface area contributed by atoms with Gasteiger partial charge in [0.05, 0.1) is 0 Å². The number of aromatic nitrogens is 2. The Morgan fingerprint density at radius 3 is 2.26 bits per heavy atom. The molecule has 1 heterocycles. The van der Waals surface area contributed by atoms with E-state index in [2.05, 4.69) is 39.7 Å². The number of nitrogens with one attached hydrogen (secondary N) is 2. The number of carbonyl (C=O) groups excluding carboxylic acids is 1. The molecule has 0 spiro atoms. The molecule has 0 unspecified atom stereocenters. The summed E-state index contributed by atoms with van der Waals surface area (Å²) in [6.07, 6.45) is 0. The fourth-order valence-corrected chi connectivity index (χ4v) is 2.96. The van der Waals surface area contributed by atoms with Crippen LogP contribution in [0.5, 0.6) is 0 Å². The van der Waals surface area contributed by atoms with Crippen LogP contribution in [-0.2, 0) is 6.54 Å². The SMILES string of the molecule is Cc1nc(NCc2ccccc2C)cc(C(=O)Nc2c(C)cccc2C)n1. The van der Waals surface area contributed by atoms with Crippen molar-refractivity contribution < 1.29 is 4.79 Å². The van der Waals surface area contributed by atoms with Crippen LogP contribution in [0.4, 0.5) is 11.5 Å². The van der Waals surface area contributed by atoms with Crippen molar-refractivity contribution in [1.82, 2.24) is 9.97 Å². The highest BCUT2D eigenvalue weighted by Crippen LogP contribution is 2.20. The zero-order chi connectivity index (χ0) is 19.4. The van der Waals surface area contributed by atoms with Gasteiger partial charge in [-0.25, -0.2) is 9.97 Å². The van der Waals surface area contributed by atoms with Gasteiger partial charge in [-0.05, 0) is 49.9 Å². The number of nitrogens with zero attached hydrogens (tertiary/aromatic N) is 2. The molecular weight excluding hydrogens is 336 g/mol. The van der Waals surface area contributed by atoms with Crippen molar-refractivity contribution in [2.24, 2.45) is 0 Å². The highest BCUT2D eigenvalue weighted by molar-refractivity contribution is 6.04. The molecule has 5 heteroatoms. The molecule has 0 bridgehead atoms. The normalized spacial score (nSPS) is 10.5. The lowest BCUT2D eigenvalue weighted by Crippen LogP contribution is -2.17. The van der Waals surface area contributed by atoms with Crippen LogP contribution in [0.15, 0.2) is 48.5 Å². The number of anilines is 2. The number of amides is 1. The molecule has 5 nitrogen and oxygen atoms in total. The van der Waals surface area contributed by atoms with E-state index < -0.39 is 0 Å². The van der Waals surface area contributed by atoms with E-state index in [9.17, 15) is 4.79 Å². The van der Waals surface area contributed by atoms with E-state index >= 15 is 0 Å². The summed E-state index contributed by atoms with van der Waals surface area (Å²) >= 11 is 0. The summed E-state index contributed by atoms with van der Waals surface area (Å²) in [7, 11) is 0. The zero-order valence-corrected chi connectivity index (χ0v) is 16.1. The van der Waals surface area contributed by atoms with E-state index in [0.717, 1.165) is 16.8 Å². The Balaban J connectivity index is 1.78. The van der Waals surface area contributed by atoms with Gasteiger partial charge in [0.25, 0.3) is 5.91 Å². The molecule has 1 aromatic heterocycles. The average Bonchev–Trinajstić information content (AvgIpc) is 2.63. The summed E-state index contributed by atoms with van der Waals surface area (Å²) in [6.45, 7) is 8.45. The van der Waals surface area contributed by atoms with Gasteiger partial charge in [0, 0.05) is 18.3 Å². The molecule has 2 aromatic carbocycles. The molecule has 138 valence electrons. The Hall–Kier alpha value is -3.21. The molecule has 0 saturated heterocycles. The number of para-hydroxylation sites is 1. The van der Waals surface area contributed by atoms with Crippen LogP contribution in [-0.4, -0.2) is 15.9 Å². The van der Waals surface area contributed by atoms with Crippen molar-refractivity contribution in [3.8, 4) is 0 Å². The van der Waals surface area contributed by atoms with Gasteiger partial charge < -0.3 is 10.6 Å². The molecule has 0 saturated carbocycles. The molecule has 0 fully saturated rings. The Kier molecular flexibility index (Phi) is 5.50. The van der Waals surface area contributed by atoms with Gasteiger partial charge in [0.2, 0.25) is 0 Å². The molecule has 0 aliphatic carbocycles. The minimum absolute atomic E-state index is 0.239. The largest absolute Gasteiger partial charge is 0.366 e. The Bertz CT molecular complexity index is 962. The van der Waals surface area contributed by atoms with Gasteiger partial charge >= 0.3 is 0 Å². The van der Waals surface area contributed by atoms with E-state index in [1.807, 2.05) is 44.2 Å². The van der Waals surface area contributed by atoms with Crippen molar-refractivity contribution in [1.29, 1.82) is 0 Å². The van der Waals surface area contributed by atoms with Crippen LogP contribution in [0.25, 0.3) is 0 Å².